The zero-order chi connectivity index (χ0) is 17.7. The van der Waals surface area contributed by atoms with E-state index < -0.39 is 10.0 Å². The molecule has 1 saturated heterocycles. The van der Waals surface area contributed by atoms with Crippen molar-refractivity contribution in [2.75, 3.05) is 13.1 Å². The summed E-state index contributed by atoms with van der Waals surface area (Å²) in [5.74, 6) is 0.894. The van der Waals surface area contributed by atoms with Crippen LogP contribution in [-0.2, 0) is 10.0 Å². The van der Waals surface area contributed by atoms with Gasteiger partial charge < -0.3 is 4.90 Å². The van der Waals surface area contributed by atoms with Gasteiger partial charge in [0.25, 0.3) is 10.0 Å². The number of amidine groups is 1. The van der Waals surface area contributed by atoms with Gasteiger partial charge in [-0.2, -0.15) is 8.42 Å². The number of benzene rings is 2. The second-order valence-corrected chi connectivity index (χ2v) is 9.33. The number of hydrogen-bond acceptors (Lipinski definition) is 5. The highest BCUT2D eigenvalue weighted by molar-refractivity contribution is 7.90. The van der Waals surface area contributed by atoms with Gasteiger partial charge in [0.2, 0.25) is 0 Å². The van der Waals surface area contributed by atoms with Crippen LogP contribution in [0.2, 0.25) is 0 Å². The number of nitrogens with zero attached hydrogens (tertiary/aromatic N) is 3. The van der Waals surface area contributed by atoms with E-state index in [9.17, 15) is 8.42 Å². The molecule has 0 amide bonds. The highest BCUT2D eigenvalue weighted by Gasteiger charge is 2.34. The minimum Gasteiger partial charge on any atom is -0.355 e. The summed E-state index contributed by atoms with van der Waals surface area (Å²) in [6.45, 7) is 1.58. The summed E-state index contributed by atoms with van der Waals surface area (Å²) >= 11 is 1.74. The largest absolute Gasteiger partial charge is 0.355 e. The van der Waals surface area contributed by atoms with E-state index in [4.69, 9.17) is 4.98 Å². The van der Waals surface area contributed by atoms with Gasteiger partial charge in [0.1, 0.15) is 4.90 Å². The zero-order valence-electron chi connectivity index (χ0n) is 14.0. The number of likely N-dealkylation sites (tertiary alicyclic amines) is 1. The summed E-state index contributed by atoms with van der Waals surface area (Å²) in [6, 6.07) is 15.3. The van der Waals surface area contributed by atoms with Crippen LogP contribution in [0.3, 0.4) is 0 Å². The number of fused-ring (bicyclic) bond motifs is 2. The van der Waals surface area contributed by atoms with Crippen LogP contribution in [0, 0.1) is 0 Å². The molecule has 132 valence electrons. The van der Waals surface area contributed by atoms with E-state index in [1.54, 1.807) is 23.5 Å². The van der Waals surface area contributed by atoms with Crippen molar-refractivity contribution < 1.29 is 8.42 Å². The molecule has 1 aromatic heterocycles. The average molecular weight is 383 g/mol. The maximum Gasteiger partial charge on any atom is 0.285 e. The molecule has 2 aromatic carbocycles. The minimum absolute atomic E-state index is 0.305. The third-order valence-corrected chi connectivity index (χ3v) is 7.52. The van der Waals surface area contributed by atoms with Gasteiger partial charge in [-0.25, -0.2) is 4.98 Å². The normalized spacial score (nSPS) is 21.6. The van der Waals surface area contributed by atoms with Crippen molar-refractivity contribution in [2.45, 2.75) is 23.7 Å². The van der Waals surface area contributed by atoms with Crippen molar-refractivity contribution in [3.05, 3.63) is 59.1 Å². The van der Waals surface area contributed by atoms with E-state index in [1.165, 1.54) is 4.70 Å². The molecule has 7 heteroatoms. The van der Waals surface area contributed by atoms with Crippen molar-refractivity contribution in [3.63, 3.8) is 0 Å². The van der Waals surface area contributed by atoms with E-state index in [-0.39, 0.29) is 0 Å². The van der Waals surface area contributed by atoms with Gasteiger partial charge in [0.15, 0.2) is 5.84 Å². The second-order valence-electron chi connectivity index (χ2n) is 6.69. The molecule has 5 rings (SSSR count). The van der Waals surface area contributed by atoms with Crippen LogP contribution < -0.4 is 0 Å². The third-order valence-electron chi connectivity index (χ3n) is 4.99. The summed E-state index contributed by atoms with van der Waals surface area (Å²) < 4.78 is 30.0. The number of thiazole rings is 1. The van der Waals surface area contributed by atoms with E-state index in [0.717, 1.165) is 42.0 Å². The first kappa shape index (κ1) is 16.0. The number of rotatable bonds is 1. The Morgan fingerprint density at radius 3 is 2.77 bits per heavy atom. The lowest BCUT2D eigenvalue weighted by atomic mass is 9.98. The Labute approximate surface area is 156 Å². The molecule has 0 radical (unpaired) electrons. The number of aromatic nitrogens is 1. The van der Waals surface area contributed by atoms with Gasteiger partial charge in [0.05, 0.1) is 15.2 Å². The Morgan fingerprint density at radius 1 is 1.08 bits per heavy atom. The molecule has 3 heterocycles. The van der Waals surface area contributed by atoms with Crippen LogP contribution in [0.25, 0.3) is 10.2 Å². The summed E-state index contributed by atoms with van der Waals surface area (Å²) in [7, 11) is -3.57. The SMILES string of the molecule is O=S1(=O)N=C(N2CCCC(c3nc4ccccc4s3)C2)c2ccccc21. The summed E-state index contributed by atoms with van der Waals surface area (Å²) in [5, 5.41) is 1.13. The average Bonchev–Trinajstić information content (AvgIpc) is 3.21. The molecule has 5 nitrogen and oxygen atoms in total. The lowest BCUT2D eigenvalue weighted by molar-refractivity contribution is 0.309. The summed E-state index contributed by atoms with van der Waals surface area (Å²) in [4.78, 5) is 7.24. The lowest BCUT2D eigenvalue weighted by Gasteiger charge is -2.33. The van der Waals surface area contributed by atoms with Crippen LogP contribution in [0.5, 0.6) is 0 Å². The molecule has 0 N–H and O–H groups in total. The van der Waals surface area contributed by atoms with Gasteiger partial charge >= 0.3 is 0 Å². The smallest absolute Gasteiger partial charge is 0.285 e. The molecular formula is C19H17N3O2S2. The molecule has 2 aliphatic heterocycles. The van der Waals surface area contributed by atoms with Crippen molar-refractivity contribution in [2.24, 2.45) is 4.40 Å². The summed E-state index contributed by atoms with van der Waals surface area (Å²) in [6.07, 6.45) is 2.07. The zero-order valence-corrected chi connectivity index (χ0v) is 15.6. The van der Waals surface area contributed by atoms with E-state index in [0.29, 0.717) is 16.6 Å². The monoisotopic (exact) mass is 383 g/mol. The second kappa shape index (κ2) is 5.89. The first-order valence-corrected chi connectivity index (χ1v) is 10.9. The van der Waals surface area contributed by atoms with E-state index >= 15 is 0 Å². The Kier molecular flexibility index (Phi) is 3.62. The molecule has 0 bridgehead atoms. The van der Waals surface area contributed by atoms with Gasteiger partial charge in [-0.15, -0.1) is 15.7 Å². The Balaban J connectivity index is 1.48. The Morgan fingerprint density at radius 2 is 1.88 bits per heavy atom. The van der Waals surface area contributed by atoms with E-state index in [1.807, 2.05) is 30.3 Å². The number of hydrogen-bond donors (Lipinski definition) is 0. The highest BCUT2D eigenvalue weighted by atomic mass is 32.2. The molecule has 0 spiro atoms. The first-order chi connectivity index (χ1) is 12.6. The minimum atomic E-state index is -3.57. The maximum atomic E-state index is 12.4. The predicted molar refractivity (Wildman–Crippen MR) is 103 cm³/mol. The molecule has 0 saturated carbocycles. The van der Waals surface area contributed by atoms with Crippen LogP contribution in [0.1, 0.15) is 29.3 Å². The fraction of sp³-hybridized carbons (Fsp3) is 0.263. The van der Waals surface area contributed by atoms with Crippen molar-refractivity contribution in [3.8, 4) is 0 Å². The Hall–Kier alpha value is -2.25. The topological polar surface area (TPSA) is 62.6 Å². The van der Waals surface area contributed by atoms with Crippen LogP contribution >= 0.6 is 11.3 Å². The van der Waals surface area contributed by atoms with E-state index in [2.05, 4.69) is 15.4 Å². The van der Waals surface area contributed by atoms with Crippen molar-refractivity contribution in [1.29, 1.82) is 0 Å². The van der Waals surface area contributed by atoms with Crippen LogP contribution in [0.15, 0.2) is 57.8 Å². The molecule has 1 fully saturated rings. The first-order valence-electron chi connectivity index (χ1n) is 8.67. The molecule has 0 aliphatic carbocycles. The standard InChI is InChI=1S/C19H17N3O2S2/c23-26(24)17-10-4-1-7-14(17)18(21-26)22-11-5-6-13(12-22)19-20-15-8-2-3-9-16(15)25-19/h1-4,7-10,13H,5-6,11-12H2. The number of sulfonamides is 1. The maximum absolute atomic E-state index is 12.4. The molecule has 1 unspecified atom stereocenters. The number of piperidine rings is 1. The molecule has 2 aliphatic rings. The fourth-order valence-corrected chi connectivity index (χ4v) is 6.07. The quantitative estimate of drug-likeness (QED) is 0.644. The fourth-order valence-electron chi connectivity index (χ4n) is 3.75. The summed E-state index contributed by atoms with van der Waals surface area (Å²) in [5.41, 5.74) is 1.76. The van der Waals surface area contributed by atoms with Crippen LogP contribution in [0.4, 0.5) is 0 Å². The molecule has 3 aromatic rings. The van der Waals surface area contributed by atoms with Gasteiger partial charge in [-0.3, -0.25) is 0 Å². The third kappa shape index (κ3) is 2.54. The van der Waals surface area contributed by atoms with Gasteiger partial charge in [-0.05, 0) is 37.1 Å². The highest BCUT2D eigenvalue weighted by Crippen LogP contribution is 2.35. The van der Waals surface area contributed by atoms with Gasteiger partial charge in [0, 0.05) is 24.6 Å². The van der Waals surface area contributed by atoms with Crippen LogP contribution in [-0.4, -0.2) is 37.2 Å². The van der Waals surface area contributed by atoms with Gasteiger partial charge in [-0.1, -0.05) is 24.3 Å². The predicted octanol–water partition coefficient (Wildman–Crippen LogP) is 3.62. The molecular weight excluding hydrogens is 366 g/mol. The van der Waals surface area contributed by atoms with Crippen molar-refractivity contribution >= 4 is 37.4 Å². The lowest BCUT2D eigenvalue weighted by Crippen LogP contribution is -2.39. The molecule has 1 atom stereocenters. The molecule has 26 heavy (non-hydrogen) atoms. The Bertz CT molecular complexity index is 1100. The van der Waals surface area contributed by atoms with Crippen molar-refractivity contribution in [1.82, 2.24) is 9.88 Å². The number of para-hydroxylation sites is 1.